The molecule has 0 fully saturated rings. The van der Waals surface area contributed by atoms with Crippen LogP contribution in [0.1, 0.15) is 22.6 Å². The van der Waals surface area contributed by atoms with Crippen LogP contribution in [0.2, 0.25) is 0 Å². The first-order chi connectivity index (χ1) is 10.4. The lowest BCUT2D eigenvalue weighted by atomic mass is 9.87. The summed E-state index contributed by atoms with van der Waals surface area (Å²) < 4.78 is 0. The second-order valence-corrected chi connectivity index (χ2v) is 5.36. The molecule has 0 saturated carbocycles. The smallest absolute Gasteiger partial charge is 0.0300 e. The summed E-state index contributed by atoms with van der Waals surface area (Å²) in [6.07, 6.45) is 5.88. The van der Waals surface area contributed by atoms with E-state index in [9.17, 15) is 0 Å². The summed E-state index contributed by atoms with van der Waals surface area (Å²) in [7, 11) is 0. The quantitative estimate of drug-likeness (QED) is 0.659. The SMILES string of the molecule is c1ccc(CC(Cc2cccnc2)c2ccccc2)cc1. The Morgan fingerprint density at radius 2 is 1.29 bits per heavy atom. The predicted molar refractivity (Wildman–Crippen MR) is 87.3 cm³/mol. The molecule has 0 bridgehead atoms. The number of hydrogen-bond donors (Lipinski definition) is 0. The molecule has 0 aliphatic heterocycles. The molecule has 0 spiro atoms. The van der Waals surface area contributed by atoms with Crippen LogP contribution in [0.4, 0.5) is 0 Å². The molecule has 3 aromatic rings. The van der Waals surface area contributed by atoms with Crippen LogP contribution in [-0.4, -0.2) is 4.98 Å². The molecule has 1 heterocycles. The van der Waals surface area contributed by atoms with Gasteiger partial charge in [-0.1, -0.05) is 66.7 Å². The van der Waals surface area contributed by atoms with Crippen molar-refractivity contribution < 1.29 is 0 Å². The second kappa shape index (κ2) is 6.85. The van der Waals surface area contributed by atoms with Crippen molar-refractivity contribution in [1.29, 1.82) is 0 Å². The molecule has 0 N–H and O–H groups in total. The van der Waals surface area contributed by atoms with E-state index in [1.165, 1.54) is 16.7 Å². The van der Waals surface area contributed by atoms with Crippen LogP contribution in [0, 0.1) is 0 Å². The maximum atomic E-state index is 4.24. The zero-order valence-corrected chi connectivity index (χ0v) is 12.0. The lowest BCUT2D eigenvalue weighted by Crippen LogP contribution is -2.07. The Labute approximate surface area is 126 Å². The largest absolute Gasteiger partial charge is 0.264 e. The molecule has 1 unspecified atom stereocenters. The van der Waals surface area contributed by atoms with Gasteiger partial charge in [-0.05, 0) is 41.5 Å². The van der Waals surface area contributed by atoms with Crippen LogP contribution >= 0.6 is 0 Å². The maximum Gasteiger partial charge on any atom is 0.0300 e. The van der Waals surface area contributed by atoms with Crippen LogP contribution in [0.25, 0.3) is 0 Å². The van der Waals surface area contributed by atoms with Crippen LogP contribution in [0.3, 0.4) is 0 Å². The molecule has 0 radical (unpaired) electrons. The third-order valence-corrected chi connectivity index (χ3v) is 3.80. The molecule has 0 aliphatic carbocycles. The van der Waals surface area contributed by atoms with Gasteiger partial charge in [0, 0.05) is 12.4 Å². The molecule has 1 nitrogen and oxygen atoms in total. The van der Waals surface area contributed by atoms with Gasteiger partial charge in [-0.15, -0.1) is 0 Å². The summed E-state index contributed by atoms with van der Waals surface area (Å²) in [5.41, 5.74) is 4.07. The van der Waals surface area contributed by atoms with E-state index in [0.29, 0.717) is 5.92 Å². The molecular formula is C20H19N. The summed E-state index contributed by atoms with van der Waals surface area (Å²) in [4.78, 5) is 4.24. The number of rotatable bonds is 5. The van der Waals surface area contributed by atoms with Crippen molar-refractivity contribution in [3.8, 4) is 0 Å². The van der Waals surface area contributed by atoms with E-state index in [-0.39, 0.29) is 0 Å². The zero-order chi connectivity index (χ0) is 14.3. The first kappa shape index (κ1) is 13.6. The average Bonchev–Trinajstić information content (AvgIpc) is 2.57. The van der Waals surface area contributed by atoms with E-state index in [0.717, 1.165) is 12.8 Å². The average molecular weight is 273 g/mol. The number of aromatic nitrogens is 1. The normalized spacial score (nSPS) is 12.0. The highest BCUT2D eigenvalue weighted by atomic mass is 14.6. The highest BCUT2D eigenvalue weighted by Crippen LogP contribution is 2.24. The maximum absolute atomic E-state index is 4.24. The fourth-order valence-electron chi connectivity index (χ4n) is 2.74. The topological polar surface area (TPSA) is 12.9 Å². The van der Waals surface area contributed by atoms with E-state index in [1.807, 2.05) is 18.5 Å². The molecule has 0 saturated heterocycles. The van der Waals surface area contributed by atoms with Crippen molar-refractivity contribution in [1.82, 2.24) is 4.98 Å². The van der Waals surface area contributed by atoms with E-state index >= 15 is 0 Å². The Kier molecular flexibility index (Phi) is 4.42. The Morgan fingerprint density at radius 3 is 1.95 bits per heavy atom. The molecule has 1 aromatic heterocycles. The Hall–Kier alpha value is -2.41. The summed E-state index contributed by atoms with van der Waals surface area (Å²) in [5, 5.41) is 0. The van der Waals surface area contributed by atoms with Crippen LogP contribution in [0.15, 0.2) is 85.2 Å². The zero-order valence-electron chi connectivity index (χ0n) is 12.0. The fourth-order valence-corrected chi connectivity index (χ4v) is 2.74. The molecular weight excluding hydrogens is 254 g/mol. The van der Waals surface area contributed by atoms with Gasteiger partial charge in [-0.2, -0.15) is 0 Å². The second-order valence-electron chi connectivity index (χ2n) is 5.36. The molecule has 1 atom stereocenters. The van der Waals surface area contributed by atoms with Gasteiger partial charge < -0.3 is 0 Å². The van der Waals surface area contributed by atoms with Gasteiger partial charge in [-0.25, -0.2) is 0 Å². The third-order valence-electron chi connectivity index (χ3n) is 3.80. The summed E-state index contributed by atoms with van der Waals surface area (Å²) in [5.74, 6) is 0.484. The van der Waals surface area contributed by atoms with E-state index < -0.39 is 0 Å². The first-order valence-corrected chi connectivity index (χ1v) is 7.39. The van der Waals surface area contributed by atoms with Crippen LogP contribution in [0.5, 0.6) is 0 Å². The lowest BCUT2D eigenvalue weighted by molar-refractivity contribution is 0.678. The minimum Gasteiger partial charge on any atom is -0.264 e. The minimum atomic E-state index is 0.484. The standard InChI is InChI=1S/C20H19N/c1-3-8-17(9-4-1)14-20(19-11-5-2-6-12-19)15-18-10-7-13-21-16-18/h1-13,16,20H,14-15H2. The van der Waals surface area contributed by atoms with E-state index in [1.54, 1.807) is 0 Å². The highest BCUT2D eigenvalue weighted by Gasteiger charge is 2.13. The van der Waals surface area contributed by atoms with Gasteiger partial charge in [0.05, 0.1) is 0 Å². The molecule has 21 heavy (non-hydrogen) atoms. The predicted octanol–water partition coefficient (Wildman–Crippen LogP) is 4.65. The van der Waals surface area contributed by atoms with Gasteiger partial charge in [-0.3, -0.25) is 4.98 Å². The van der Waals surface area contributed by atoms with Gasteiger partial charge in [0.15, 0.2) is 0 Å². The fraction of sp³-hybridized carbons (Fsp3) is 0.150. The van der Waals surface area contributed by atoms with Crippen LogP contribution < -0.4 is 0 Å². The minimum absolute atomic E-state index is 0.484. The van der Waals surface area contributed by atoms with Crippen molar-refractivity contribution in [3.05, 3.63) is 102 Å². The third kappa shape index (κ3) is 3.79. The molecule has 0 aliphatic rings. The summed E-state index contributed by atoms with van der Waals surface area (Å²) in [6.45, 7) is 0. The van der Waals surface area contributed by atoms with Gasteiger partial charge >= 0.3 is 0 Å². The van der Waals surface area contributed by atoms with Gasteiger partial charge in [0.25, 0.3) is 0 Å². The van der Waals surface area contributed by atoms with Gasteiger partial charge in [0.2, 0.25) is 0 Å². The van der Waals surface area contributed by atoms with Crippen molar-refractivity contribution >= 4 is 0 Å². The Balaban J connectivity index is 1.84. The highest BCUT2D eigenvalue weighted by molar-refractivity contribution is 5.26. The molecule has 0 amide bonds. The number of hydrogen-bond acceptors (Lipinski definition) is 1. The number of pyridine rings is 1. The first-order valence-electron chi connectivity index (χ1n) is 7.39. The van der Waals surface area contributed by atoms with Crippen molar-refractivity contribution in [2.75, 3.05) is 0 Å². The van der Waals surface area contributed by atoms with E-state index in [2.05, 4.69) is 71.7 Å². The van der Waals surface area contributed by atoms with Gasteiger partial charge in [0.1, 0.15) is 0 Å². The molecule has 2 aromatic carbocycles. The van der Waals surface area contributed by atoms with E-state index in [4.69, 9.17) is 0 Å². The summed E-state index contributed by atoms with van der Waals surface area (Å²) >= 11 is 0. The molecule has 1 heteroatoms. The van der Waals surface area contributed by atoms with Crippen LogP contribution in [-0.2, 0) is 12.8 Å². The summed E-state index contributed by atoms with van der Waals surface area (Å²) in [6, 6.07) is 25.7. The van der Waals surface area contributed by atoms with Crippen molar-refractivity contribution in [3.63, 3.8) is 0 Å². The van der Waals surface area contributed by atoms with Crippen molar-refractivity contribution in [2.45, 2.75) is 18.8 Å². The molecule has 104 valence electrons. The Morgan fingerprint density at radius 1 is 0.667 bits per heavy atom. The molecule has 3 rings (SSSR count). The van der Waals surface area contributed by atoms with Crippen molar-refractivity contribution in [2.24, 2.45) is 0 Å². The lowest BCUT2D eigenvalue weighted by Gasteiger charge is -2.17. The number of nitrogens with zero attached hydrogens (tertiary/aromatic N) is 1. The number of benzene rings is 2. The monoisotopic (exact) mass is 273 g/mol. The Bertz CT molecular complexity index is 606.